The van der Waals surface area contributed by atoms with Crippen molar-refractivity contribution in [1.29, 1.82) is 0 Å². The summed E-state index contributed by atoms with van der Waals surface area (Å²) in [6.45, 7) is 1.89. The number of benzene rings is 1. The van der Waals surface area contributed by atoms with Crippen LogP contribution in [0.5, 0.6) is 0 Å². The van der Waals surface area contributed by atoms with Crippen molar-refractivity contribution in [2.75, 3.05) is 5.32 Å². The predicted molar refractivity (Wildman–Crippen MR) is 100 cm³/mol. The average Bonchev–Trinajstić information content (AvgIpc) is 3.11. The molecule has 140 valence electrons. The predicted octanol–water partition coefficient (Wildman–Crippen LogP) is 2.85. The molecule has 1 aromatic carbocycles. The van der Waals surface area contributed by atoms with Crippen molar-refractivity contribution < 1.29 is 24.6 Å². The Morgan fingerprint density at radius 2 is 1.81 bits per heavy atom. The quantitative estimate of drug-likeness (QED) is 0.560. The van der Waals surface area contributed by atoms with Crippen molar-refractivity contribution in [1.82, 2.24) is 4.98 Å². The second kappa shape index (κ2) is 7.49. The van der Waals surface area contributed by atoms with Crippen LogP contribution in [-0.2, 0) is 27.2 Å². The Bertz CT molecular complexity index is 955. The second-order valence-electron chi connectivity index (χ2n) is 6.53. The van der Waals surface area contributed by atoms with Crippen LogP contribution in [0.1, 0.15) is 40.8 Å². The van der Waals surface area contributed by atoms with Gasteiger partial charge in [-0.3, -0.25) is 14.4 Å². The Hall–Kier alpha value is -3.35. The van der Waals surface area contributed by atoms with Crippen molar-refractivity contribution >= 4 is 35.2 Å². The van der Waals surface area contributed by atoms with Gasteiger partial charge in [0.1, 0.15) is 0 Å². The van der Waals surface area contributed by atoms with E-state index in [4.69, 9.17) is 10.2 Å². The highest BCUT2D eigenvalue weighted by atomic mass is 16.4. The maximum Gasteiger partial charge on any atom is 0.303 e. The van der Waals surface area contributed by atoms with Crippen molar-refractivity contribution in [3.8, 4) is 0 Å². The van der Waals surface area contributed by atoms with Gasteiger partial charge in [-0.05, 0) is 54.7 Å². The molecule has 1 aromatic heterocycles. The minimum atomic E-state index is -0.864. The molecular weight excluding hydrogens is 348 g/mol. The zero-order valence-electron chi connectivity index (χ0n) is 14.8. The van der Waals surface area contributed by atoms with Crippen LogP contribution >= 0.6 is 0 Å². The second-order valence-corrected chi connectivity index (χ2v) is 6.53. The molecule has 2 heterocycles. The van der Waals surface area contributed by atoms with Crippen LogP contribution in [0, 0.1) is 6.92 Å². The van der Waals surface area contributed by atoms with Gasteiger partial charge in [0.25, 0.3) is 5.91 Å². The Morgan fingerprint density at radius 3 is 2.52 bits per heavy atom. The van der Waals surface area contributed by atoms with Gasteiger partial charge in [-0.1, -0.05) is 6.07 Å². The van der Waals surface area contributed by atoms with E-state index < -0.39 is 11.9 Å². The molecule has 0 bridgehead atoms. The number of aromatic nitrogens is 1. The first-order valence-electron chi connectivity index (χ1n) is 8.62. The number of carboxylic acid groups (broad SMARTS) is 2. The number of amides is 1. The Labute approximate surface area is 155 Å². The number of rotatable bonds is 7. The fraction of sp³-hybridized carbons (Fsp3) is 0.250. The molecule has 0 saturated carbocycles. The number of carbonyl (C=O) groups excluding carboxylic acids is 1. The summed E-state index contributed by atoms with van der Waals surface area (Å²) in [5.74, 6) is -1.94. The van der Waals surface area contributed by atoms with E-state index in [1.165, 1.54) is 0 Å². The lowest BCUT2D eigenvalue weighted by molar-refractivity contribution is -0.138. The summed E-state index contributed by atoms with van der Waals surface area (Å²) in [4.78, 5) is 37.0. The smallest absolute Gasteiger partial charge is 0.303 e. The molecule has 2 aromatic rings. The molecular formula is C20H20N2O5. The van der Waals surface area contributed by atoms with Crippen LogP contribution < -0.4 is 5.32 Å². The Kier molecular flexibility index (Phi) is 5.12. The van der Waals surface area contributed by atoms with Crippen LogP contribution in [0.2, 0.25) is 0 Å². The van der Waals surface area contributed by atoms with Crippen LogP contribution in [0.25, 0.3) is 11.6 Å². The summed E-state index contributed by atoms with van der Waals surface area (Å²) in [5, 5.41) is 20.5. The summed E-state index contributed by atoms with van der Waals surface area (Å²) in [6.07, 6.45) is 4.41. The lowest BCUT2D eigenvalue weighted by atomic mass is 10.00. The third kappa shape index (κ3) is 4.08. The molecule has 0 atom stereocenters. The van der Waals surface area contributed by atoms with Gasteiger partial charge in [0.15, 0.2) is 0 Å². The van der Waals surface area contributed by atoms with Crippen LogP contribution in [0.15, 0.2) is 24.4 Å². The lowest BCUT2D eigenvalue weighted by Gasteiger charge is -2.04. The SMILES string of the molecule is Cc1c(CCC(=O)O)c[nH]c1C=C1C(=O)Nc2ccc(CCC(=O)O)cc21. The number of anilines is 1. The van der Waals surface area contributed by atoms with E-state index in [2.05, 4.69) is 10.3 Å². The highest BCUT2D eigenvalue weighted by Gasteiger charge is 2.25. The van der Waals surface area contributed by atoms with Crippen molar-refractivity contribution in [2.24, 2.45) is 0 Å². The highest BCUT2D eigenvalue weighted by molar-refractivity contribution is 6.34. The van der Waals surface area contributed by atoms with E-state index in [1.54, 1.807) is 18.3 Å². The fourth-order valence-electron chi connectivity index (χ4n) is 3.14. The molecule has 3 rings (SSSR count). The van der Waals surface area contributed by atoms with Gasteiger partial charge >= 0.3 is 11.9 Å². The van der Waals surface area contributed by atoms with Gasteiger partial charge in [-0.25, -0.2) is 0 Å². The normalized spacial score (nSPS) is 14.3. The molecule has 0 aliphatic carbocycles. The molecule has 4 N–H and O–H groups in total. The number of hydrogen-bond donors (Lipinski definition) is 4. The third-order valence-corrected chi connectivity index (χ3v) is 4.68. The first-order valence-corrected chi connectivity index (χ1v) is 8.62. The van der Waals surface area contributed by atoms with Crippen molar-refractivity contribution in [3.05, 3.63) is 52.3 Å². The summed E-state index contributed by atoms with van der Waals surface area (Å²) >= 11 is 0. The monoisotopic (exact) mass is 368 g/mol. The molecule has 27 heavy (non-hydrogen) atoms. The van der Waals surface area contributed by atoms with E-state index in [-0.39, 0.29) is 18.7 Å². The first-order chi connectivity index (χ1) is 12.8. The molecule has 0 unspecified atom stereocenters. The lowest BCUT2D eigenvalue weighted by Crippen LogP contribution is -2.03. The molecule has 0 radical (unpaired) electrons. The zero-order chi connectivity index (χ0) is 19.6. The third-order valence-electron chi connectivity index (χ3n) is 4.68. The summed E-state index contributed by atoms with van der Waals surface area (Å²) in [7, 11) is 0. The van der Waals surface area contributed by atoms with Gasteiger partial charge in [0, 0.05) is 36.0 Å². The van der Waals surface area contributed by atoms with Gasteiger partial charge < -0.3 is 20.5 Å². The molecule has 1 amide bonds. The van der Waals surface area contributed by atoms with E-state index in [9.17, 15) is 14.4 Å². The van der Waals surface area contributed by atoms with E-state index in [0.717, 1.165) is 27.9 Å². The van der Waals surface area contributed by atoms with Gasteiger partial charge in [-0.2, -0.15) is 0 Å². The number of H-pyrrole nitrogens is 1. The maximum atomic E-state index is 12.4. The molecule has 1 aliphatic rings. The molecule has 1 aliphatic heterocycles. The minimum Gasteiger partial charge on any atom is -0.481 e. The van der Waals surface area contributed by atoms with Crippen LogP contribution in [-0.4, -0.2) is 33.0 Å². The summed E-state index contributed by atoms with van der Waals surface area (Å²) in [6, 6.07) is 5.44. The molecule has 0 saturated heterocycles. The van der Waals surface area contributed by atoms with Crippen molar-refractivity contribution in [2.45, 2.75) is 32.6 Å². The standard InChI is InChI=1S/C20H20N2O5/c1-11-13(4-7-19(25)26)10-21-17(11)9-15-14-8-12(3-6-18(23)24)2-5-16(14)22-20(15)27/h2,5,8-10,21H,3-4,6-7H2,1H3,(H,22,27)(H,23,24)(H,25,26). The molecule has 0 spiro atoms. The topological polar surface area (TPSA) is 119 Å². The van der Waals surface area contributed by atoms with E-state index in [0.29, 0.717) is 24.1 Å². The van der Waals surface area contributed by atoms with Gasteiger partial charge in [-0.15, -0.1) is 0 Å². The average molecular weight is 368 g/mol. The molecule has 0 fully saturated rings. The number of aryl methyl sites for hydroxylation is 2. The van der Waals surface area contributed by atoms with Crippen LogP contribution in [0.3, 0.4) is 0 Å². The number of carbonyl (C=O) groups is 3. The maximum absolute atomic E-state index is 12.4. The minimum absolute atomic E-state index is 0.0296. The van der Waals surface area contributed by atoms with E-state index >= 15 is 0 Å². The number of hydrogen-bond acceptors (Lipinski definition) is 3. The largest absolute Gasteiger partial charge is 0.481 e. The van der Waals surface area contributed by atoms with E-state index in [1.807, 2.05) is 19.1 Å². The first kappa shape index (κ1) is 18.4. The van der Waals surface area contributed by atoms with Crippen molar-refractivity contribution in [3.63, 3.8) is 0 Å². The Morgan fingerprint density at radius 1 is 1.11 bits per heavy atom. The number of aliphatic carboxylic acids is 2. The molecule has 7 heteroatoms. The number of fused-ring (bicyclic) bond motifs is 1. The number of carboxylic acids is 2. The Balaban J connectivity index is 1.90. The molecule has 7 nitrogen and oxygen atoms in total. The number of nitrogens with one attached hydrogen (secondary N) is 2. The van der Waals surface area contributed by atoms with Gasteiger partial charge in [0.2, 0.25) is 0 Å². The van der Waals surface area contributed by atoms with Gasteiger partial charge in [0.05, 0.1) is 5.57 Å². The highest BCUT2D eigenvalue weighted by Crippen LogP contribution is 2.34. The summed E-state index contributed by atoms with van der Waals surface area (Å²) < 4.78 is 0. The zero-order valence-corrected chi connectivity index (χ0v) is 14.8. The fourth-order valence-corrected chi connectivity index (χ4v) is 3.14. The van der Waals surface area contributed by atoms with Crippen LogP contribution in [0.4, 0.5) is 5.69 Å². The number of aromatic amines is 1. The summed E-state index contributed by atoms with van der Waals surface area (Å²) in [5.41, 5.74) is 5.35.